The second-order valence-electron chi connectivity index (χ2n) is 8.69. The summed E-state index contributed by atoms with van der Waals surface area (Å²) in [4.78, 5) is 28.4. The van der Waals surface area contributed by atoms with Crippen LogP contribution in [0.2, 0.25) is 10.0 Å². The molecule has 2 aliphatic rings. The van der Waals surface area contributed by atoms with Crippen LogP contribution in [0.25, 0.3) is 10.2 Å². The molecule has 3 aromatic rings. The molecule has 1 fully saturated rings. The van der Waals surface area contributed by atoms with Gasteiger partial charge in [-0.3, -0.25) is 9.69 Å². The highest BCUT2D eigenvalue weighted by Gasteiger charge is 2.24. The monoisotopic (exact) mass is 531 g/mol. The molecule has 4 heterocycles. The predicted molar refractivity (Wildman–Crippen MR) is 142 cm³/mol. The summed E-state index contributed by atoms with van der Waals surface area (Å²) in [6.07, 6.45) is 8.07. The first-order chi connectivity index (χ1) is 17.1. The average Bonchev–Trinajstić information content (AvgIpc) is 3.02. The van der Waals surface area contributed by atoms with Crippen LogP contribution in [0, 0.1) is 0 Å². The summed E-state index contributed by atoms with van der Waals surface area (Å²) in [6, 6.07) is 5.42. The van der Waals surface area contributed by atoms with Crippen LogP contribution in [0.3, 0.4) is 0 Å². The average molecular weight is 532 g/mol. The Labute approximate surface area is 218 Å². The van der Waals surface area contributed by atoms with Crippen LogP contribution in [0.1, 0.15) is 23.3 Å². The van der Waals surface area contributed by atoms with Gasteiger partial charge in [-0.1, -0.05) is 29.3 Å². The second-order valence-corrected chi connectivity index (χ2v) is 10.6. The Kier molecular flexibility index (Phi) is 7.84. The number of amides is 1. The maximum Gasteiger partial charge on any atom is 0.246 e. The Morgan fingerprint density at radius 2 is 2.06 bits per heavy atom. The number of benzene rings is 1. The summed E-state index contributed by atoms with van der Waals surface area (Å²) < 4.78 is 5.51. The number of halogens is 2. The van der Waals surface area contributed by atoms with E-state index in [2.05, 4.69) is 20.2 Å². The fraction of sp³-hybridized carbons (Fsp3) is 0.400. The van der Waals surface area contributed by atoms with E-state index in [1.54, 1.807) is 35.9 Å². The molecule has 0 unspecified atom stereocenters. The van der Waals surface area contributed by atoms with Crippen molar-refractivity contribution in [2.24, 2.45) is 0 Å². The van der Waals surface area contributed by atoms with Crippen molar-refractivity contribution in [3.05, 3.63) is 57.2 Å². The van der Waals surface area contributed by atoms with Gasteiger partial charge in [-0.05, 0) is 43.0 Å². The Bertz CT molecular complexity index is 1240. The summed E-state index contributed by atoms with van der Waals surface area (Å²) in [5.74, 6) is 0.800. The van der Waals surface area contributed by atoms with E-state index in [1.165, 1.54) is 10.4 Å². The van der Waals surface area contributed by atoms with Crippen molar-refractivity contribution >= 4 is 62.2 Å². The molecule has 184 valence electrons. The normalized spacial score (nSPS) is 17.4. The van der Waals surface area contributed by atoms with Gasteiger partial charge in [0.15, 0.2) is 0 Å². The van der Waals surface area contributed by atoms with Crippen LogP contribution in [0.4, 0.5) is 11.5 Å². The number of ether oxygens (including phenoxy) is 1. The number of hydrogen-bond acceptors (Lipinski definition) is 7. The van der Waals surface area contributed by atoms with Crippen molar-refractivity contribution in [1.82, 2.24) is 19.8 Å². The number of anilines is 2. The number of hydrogen-bond donors (Lipinski definition) is 1. The summed E-state index contributed by atoms with van der Waals surface area (Å²) >= 11 is 13.9. The van der Waals surface area contributed by atoms with Gasteiger partial charge in [0.2, 0.25) is 5.91 Å². The molecule has 0 radical (unpaired) electrons. The van der Waals surface area contributed by atoms with Crippen LogP contribution in [0.5, 0.6) is 0 Å². The van der Waals surface area contributed by atoms with Crippen molar-refractivity contribution in [3.8, 4) is 0 Å². The SMILES string of the molecule is O=C(/C=C/CN1CCCOCC1)N1CCCc2c(sc3ncnc(Nc4ccc(Cl)c(Cl)c4)c23)C1. The Morgan fingerprint density at radius 1 is 1.14 bits per heavy atom. The molecule has 5 rings (SSSR count). The van der Waals surface area contributed by atoms with Crippen LogP contribution in [-0.4, -0.2) is 65.1 Å². The lowest BCUT2D eigenvalue weighted by atomic mass is 10.1. The molecule has 0 bridgehead atoms. The third-order valence-electron chi connectivity index (χ3n) is 6.29. The van der Waals surface area contributed by atoms with Crippen molar-refractivity contribution in [2.45, 2.75) is 25.8 Å². The zero-order chi connectivity index (χ0) is 24.2. The molecule has 0 aliphatic carbocycles. The van der Waals surface area contributed by atoms with Gasteiger partial charge >= 0.3 is 0 Å². The van der Waals surface area contributed by atoms with E-state index in [1.807, 2.05) is 17.0 Å². The first-order valence-corrected chi connectivity index (χ1v) is 13.4. The van der Waals surface area contributed by atoms with E-state index in [9.17, 15) is 4.79 Å². The quantitative estimate of drug-likeness (QED) is 0.450. The van der Waals surface area contributed by atoms with Gasteiger partial charge in [0, 0.05) is 49.4 Å². The van der Waals surface area contributed by atoms with Gasteiger partial charge in [0.1, 0.15) is 17.0 Å². The van der Waals surface area contributed by atoms with Crippen molar-refractivity contribution < 1.29 is 9.53 Å². The van der Waals surface area contributed by atoms with E-state index < -0.39 is 0 Å². The highest BCUT2D eigenvalue weighted by atomic mass is 35.5. The number of carbonyl (C=O) groups is 1. The number of nitrogens with zero attached hydrogens (tertiary/aromatic N) is 4. The predicted octanol–water partition coefficient (Wildman–Crippen LogP) is 5.30. The minimum Gasteiger partial charge on any atom is -0.380 e. The molecule has 7 nitrogen and oxygen atoms in total. The molecule has 0 atom stereocenters. The third-order valence-corrected chi connectivity index (χ3v) is 8.16. The molecule has 1 aromatic carbocycles. The summed E-state index contributed by atoms with van der Waals surface area (Å²) in [7, 11) is 0. The lowest BCUT2D eigenvalue weighted by Gasteiger charge is -2.19. The highest BCUT2D eigenvalue weighted by molar-refractivity contribution is 7.19. The van der Waals surface area contributed by atoms with Gasteiger partial charge in [0.25, 0.3) is 0 Å². The van der Waals surface area contributed by atoms with E-state index >= 15 is 0 Å². The Balaban J connectivity index is 1.32. The second kappa shape index (κ2) is 11.2. The van der Waals surface area contributed by atoms with Crippen LogP contribution in [-0.2, 0) is 22.5 Å². The lowest BCUT2D eigenvalue weighted by Crippen LogP contribution is -2.30. The van der Waals surface area contributed by atoms with Crippen molar-refractivity contribution in [1.29, 1.82) is 0 Å². The van der Waals surface area contributed by atoms with E-state index in [4.69, 9.17) is 27.9 Å². The number of thiophene rings is 1. The number of fused-ring (bicyclic) bond motifs is 3. The number of nitrogens with one attached hydrogen (secondary N) is 1. The smallest absolute Gasteiger partial charge is 0.246 e. The zero-order valence-corrected chi connectivity index (χ0v) is 21.6. The molecular formula is C25H27Cl2N5O2S. The molecule has 0 spiro atoms. The lowest BCUT2D eigenvalue weighted by molar-refractivity contribution is -0.126. The van der Waals surface area contributed by atoms with E-state index in [0.29, 0.717) is 16.6 Å². The summed E-state index contributed by atoms with van der Waals surface area (Å²) in [5.41, 5.74) is 2.03. The molecule has 1 N–H and O–H groups in total. The fourth-order valence-corrected chi connectivity index (χ4v) is 6.01. The molecule has 2 aromatic heterocycles. The fourth-order valence-electron chi connectivity index (χ4n) is 4.51. The Hall–Kier alpha value is -2.23. The van der Waals surface area contributed by atoms with Crippen molar-refractivity contribution in [3.63, 3.8) is 0 Å². The van der Waals surface area contributed by atoms with Gasteiger partial charge in [-0.15, -0.1) is 11.3 Å². The number of carbonyl (C=O) groups excluding carboxylic acids is 1. The largest absolute Gasteiger partial charge is 0.380 e. The summed E-state index contributed by atoms with van der Waals surface area (Å²) in [6.45, 7) is 5.58. The van der Waals surface area contributed by atoms with Crippen LogP contribution in [0.15, 0.2) is 36.7 Å². The van der Waals surface area contributed by atoms with Crippen LogP contribution < -0.4 is 5.32 Å². The standard InChI is InChI=1S/C25H27Cl2N5O2S/c26-19-7-6-17(14-20(19)27)30-24-23-18-4-1-10-32(15-21(18)35-25(23)29-16-28-24)22(33)5-2-8-31-9-3-12-34-13-11-31/h2,5-7,14,16H,1,3-4,8-13,15H2,(H,28,29,30)/b5-2+. The molecule has 1 amide bonds. The molecule has 35 heavy (non-hydrogen) atoms. The molecule has 0 saturated carbocycles. The number of rotatable bonds is 5. The molecule has 1 saturated heterocycles. The van der Waals surface area contributed by atoms with Gasteiger partial charge in [-0.25, -0.2) is 9.97 Å². The molecular weight excluding hydrogens is 505 g/mol. The molecule has 2 aliphatic heterocycles. The maximum atomic E-state index is 13.0. The minimum atomic E-state index is 0.0571. The zero-order valence-electron chi connectivity index (χ0n) is 19.3. The van der Waals surface area contributed by atoms with E-state index in [0.717, 1.165) is 80.4 Å². The molecule has 10 heteroatoms. The topological polar surface area (TPSA) is 70.6 Å². The number of aryl methyl sites for hydroxylation is 1. The number of aromatic nitrogens is 2. The van der Waals surface area contributed by atoms with Crippen LogP contribution >= 0.6 is 34.5 Å². The van der Waals surface area contributed by atoms with Crippen molar-refractivity contribution in [2.75, 3.05) is 44.7 Å². The van der Waals surface area contributed by atoms with Gasteiger partial charge in [0.05, 0.1) is 28.6 Å². The van der Waals surface area contributed by atoms with Gasteiger partial charge in [-0.2, -0.15) is 0 Å². The first-order valence-electron chi connectivity index (χ1n) is 11.8. The third kappa shape index (κ3) is 5.78. The van der Waals surface area contributed by atoms with E-state index in [-0.39, 0.29) is 5.91 Å². The minimum absolute atomic E-state index is 0.0571. The Morgan fingerprint density at radius 3 is 2.94 bits per heavy atom. The first kappa shape index (κ1) is 24.5. The van der Waals surface area contributed by atoms with Gasteiger partial charge < -0.3 is 15.0 Å². The highest BCUT2D eigenvalue weighted by Crippen LogP contribution is 2.38. The summed E-state index contributed by atoms with van der Waals surface area (Å²) in [5, 5.41) is 5.39. The maximum absolute atomic E-state index is 13.0.